The van der Waals surface area contributed by atoms with E-state index in [1.807, 2.05) is 18.2 Å². The second-order valence-electron chi connectivity index (χ2n) is 4.72. The molecule has 0 spiro atoms. The lowest BCUT2D eigenvalue weighted by Gasteiger charge is -2.04. The monoisotopic (exact) mass is 333 g/mol. The molecular formula is C14H12BrN3S. The maximum Gasteiger partial charge on any atom is 0.180 e. The van der Waals surface area contributed by atoms with E-state index in [-0.39, 0.29) is 0 Å². The third-order valence-electron chi connectivity index (χ3n) is 3.25. The molecule has 1 aromatic heterocycles. The fourth-order valence-electron chi connectivity index (χ4n) is 2.18. The number of nitrogens with zero attached hydrogens (tertiary/aromatic N) is 2. The van der Waals surface area contributed by atoms with Crippen molar-refractivity contribution in [2.45, 2.75) is 25.2 Å². The first-order chi connectivity index (χ1) is 9.17. The number of nitrogens with two attached hydrogens (primary N) is 1. The van der Waals surface area contributed by atoms with Crippen molar-refractivity contribution in [2.75, 3.05) is 5.73 Å². The predicted molar refractivity (Wildman–Crippen MR) is 80.2 cm³/mol. The molecule has 0 atom stereocenters. The molecule has 1 aliphatic rings. The lowest BCUT2D eigenvalue weighted by atomic mass is 10.0. The van der Waals surface area contributed by atoms with Crippen molar-refractivity contribution in [1.82, 2.24) is 4.98 Å². The van der Waals surface area contributed by atoms with Crippen LogP contribution in [0.2, 0.25) is 0 Å². The Balaban J connectivity index is 1.97. The minimum Gasteiger partial charge on any atom is -0.375 e. The van der Waals surface area contributed by atoms with Crippen LogP contribution in [0.4, 0.5) is 5.13 Å². The standard InChI is InChI=1S/C14H12BrN3S/c15-11-4-3-9(7-16)10(5-11)6-12-13(8-1-2-8)18-14(17)19-12/h3-5,8H,1-2,6H2,(H2,17,18). The van der Waals surface area contributed by atoms with Crippen molar-refractivity contribution in [1.29, 1.82) is 5.26 Å². The van der Waals surface area contributed by atoms with E-state index in [0.29, 0.717) is 11.0 Å². The fourth-order valence-corrected chi connectivity index (χ4v) is 3.52. The van der Waals surface area contributed by atoms with Crippen LogP contribution in [0.25, 0.3) is 0 Å². The number of hydrogen-bond donors (Lipinski definition) is 1. The van der Waals surface area contributed by atoms with Crippen LogP contribution < -0.4 is 5.73 Å². The number of anilines is 1. The molecule has 0 bridgehead atoms. The first-order valence-electron chi connectivity index (χ1n) is 6.11. The van der Waals surface area contributed by atoms with E-state index in [9.17, 15) is 5.26 Å². The van der Waals surface area contributed by atoms with Gasteiger partial charge in [0.1, 0.15) is 0 Å². The molecule has 96 valence electrons. The minimum atomic E-state index is 0.584. The van der Waals surface area contributed by atoms with Gasteiger partial charge in [0.25, 0.3) is 0 Å². The summed E-state index contributed by atoms with van der Waals surface area (Å²) in [6.45, 7) is 0. The molecule has 1 fully saturated rings. The van der Waals surface area contributed by atoms with Crippen LogP contribution in [0.15, 0.2) is 22.7 Å². The number of thiazole rings is 1. The quantitative estimate of drug-likeness (QED) is 0.928. The van der Waals surface area contributed by atoms with E-state index < -0.39 is 0 Å². The maximum atomic E-state index is 9.18. The summed E-state index contributed by atoms with van der Waals surface area (Å²) >= 11 is 5.00. The number of rotatable bonds is 3. The first kappa shape index (κ1) is 12.6. The van der Waals surface area contributed by atoms with E-state index in [4.69, 9.17) is 5.73 Å². The Labute approximate surface area is 124 Å². The van der Waals surface area contributed by atoms with Gasteiger partial charge in [-0.3, -0.25) is 0 Å². The van der Waals surface area contributed by atoms with Gasteiger partial charge in [-0.05, 0) is 36.6 Å². The van der Waals surface area contributed by atoms with Crippen LogP contribution in [0, 0.1) is 11.3 Å². The Kier molecular flexibility index (Phi) is 3.29. The SMILES string of the molecule is N#Cc1ccc(Br)cc1Cc1sc(N)nc1C1CC1. The summed E-state index contributed by atoms with van der Waals surface area (Å²) in [5.74, 6) is 0.584. The summed E-state index contributed by atoms with van der Waals surface area (Å²) in [7, 11) is 0. The van der Waals surface area contributed by atoms with Crippen LogP contribution in [-0.2, 0) is 6.42 Å². The van der Waals surface area contributed by atoms with Gasteiger partial charge >= 0.3 is 0 Å². The molecule has 2 N–H and O–H groups in total. The number of nitrogen functional groups attached to an aromatic ring is 1. The maximum absolute atomic E-state index is 9.18. The van der Waals surface area contributed by atoms with Crippen molar-refractivity contribution in [3.63, 3.8) is 0 Å². The van der Waals surface area contributed by atoms with Gasteiger partial charge in [0, 0.05) is 21.7 Å². The van der Waals surface area contributed by atoms with Crippen LogP contribution >= 0.6 is 27.3 Å². The zero-order valence-electron chi connectivity index (χ0n) is 10.2. The van der Waals surface area contributed by atoms with Crippen molar-refractivity contribution in [2.24, 2.45) is 0 Å². The Bertz CT molecular complexity index is 668. The molecular weight excluding hydrogens is 322 g/mol. The van der Waals surface area contributed by atoms with Crippen LogP contribution in [-0.4, -0.2) is 4.98 Å². The molecule has 0 radical (unpaired) electrons. The summed E-state index contributed by atoms with van der Waals surface area (Å²) < 4.78 is 0.993. The van der Waals surface area contributed by atoms with Gasteiger partial charge in [-0.2, -0.15) is 5.26 Å². The lowest BCUT2D eigenvalue weighted by molar-refractivity contribution is 1.01. The molecule has 1 aliphatic carbocycles. The highest BCUT2D eigenvalue weighted by atomic mass is 79.9. The Morgan fingerprint density at radius 2 is 2.26 bits per heavy atom. The van der Waals surface area contributed by atoms with Gasteiger partial charge in [-0.1, -0.05) is 15.9 Å². The normalized spacial score (nSPS) is 14.3. The van der Waals surface area contributed by atoms with Crippen molar-refractivity contribution in [3.05, 3.63) is 44.4 Å². The van der Waals surface area contributed by atoms with Crippen molar-refractivity contribution >= 4 is 32.4 Å². The molecule has 1 heterocycles. The topological polar surface area (TPSA) is 62.7 Å². The summed E-state index contributed by atoms with van der Waals surface area (Å²) in [4.78, 5) is 5.65. The molecule has 3 nitrogen and oxygen atoms in total. The Morgan fingerprint density at radius 1 is 1.47 bits per heavy atom. The van der Waals surface area contributed by atoms with Gasteiger partial charge in [-0.25, -0.2) is 4.98 Å². The number of benzene rings is 1. The zero-order chi connectivity index (χ0) is 13.4. The highest BCUT2D eigenvalue weighted by Crippen LogP contribution is 2.43. The van der Waals surface area contributed by atoms with Crippen LogP contribution in [0.3, 0.4) is 0 Å². The van der Waals surface area contributed by atoms with Gasteiger partial charge in [-0.15, -0.1) is 11.3 Å². The minimum absolute atomic E-state index is 0.584. The molecule has 1 saturated carbocycles. The smallest absolute Gasteiger partial charge is 0.180 e. The van der Waals surface area contributed by atoms with E-state index in [2.05, 4.69) is 27.0 Å². The van der Waals surface area contributed by atoms with Crippen molar-refractivity contribution < 1.29 is 0 Å². The van der Waals surface area contributed by atoms with E-state index in [0.717, 1.165) is 27.7 Å². The van der Waals surface area contributed by atoms with Gasteiger partial charge < -0.3 is 5.73 Å². The van der Waals surface area contributed by atoms with Gasteiger partial charge in [0.05, 0.1) is 17.3 Å². The molecule has 5 heteroatoms. The number of halogens is 1. The molecule has 0 aliphatic heterocycles. The summed E-state index contributed by atoms with van der Waals surface area (Å²) in [5, 5.41) is 9.81. The highest BCUT2D eigenvalue weighted by Gasteiger charge is 2.29. The van der Waals surface area contributed by atoms with E-state index in [1.165, 1.54) is 17.7 Å². The second-order valence-corrected chi connectivity index (χ2v) is 6.76. The summed E-state index contributed by atoms with van der Waals surface area (Å²) in [5.41, 5.74) is 8.73. The third-order valence-corrected chi connectivity index (χ3v) is 4.64. The average molecular weight is 334 g/mol. The largest absolute Gasteiger partial charge is 0.375 e. The number of aromatic nitrogens is 1. The molecule has 0 amide bonds. The van der Waals surface area contributed by atoms with E-state index in [1.54, 1.807) is 11.3 Å². The molecule has 0 unspecified atom stereocenters. The Morgan fingerprint density at radius 3 is 2.95 bits per heavy atom. The third kappa shape index (κ3) is 2.65. The van der Waals surface area contributed by atoms with Crippen LogP contribution in [0.1, 0.15) is 40.5 Å². The predicted octanol–water partition coefficient (Wildman–Crippen LogP) is 3.83. The summed E-state index contributed by atoms with van der Waals surface area (Å²) in [6.07, 6.45) is 3.16. The van der Waals surface area contributed by atoms with Gasteiger partial charge in [0.15, 0.2) is 5.13 Å². The fraction of sp³-hybridized carbons (Fsp3) is 0.286. The average Bonchev–Trinajstić information content (AvgIpc) is 3.15. The highest BCUT2D eigenvalue weighted by molar-refractivity contribution is 9.10. The zero-order valence-corrected chi connectivity index (χ0v) is 12.6. The Hall–Kier alpha value is -1.38. The number of hydrogen-bond acceptors (Lipinski definition) is 4. The number of nitriles is 1. The second kappa shape index (κ2) is 4.95. The molecule has 3 rings (SSSR count). The van der Waals surface area contributed by atoms with Gasteiger partial charge in [0.2, 0.25) is 0 Å². The molecule has 2 aromatic rings. The van der Waals surface area contributed by atoms with Crippen LogP contribution in [0.5, 0.6) is 0 Å². The van der Waals surface area contributed by atoms with E-state index >= 15 is 0 Å². The molecule has 1 aromatic carbocycles. The summed E-state index contributed by atoms with van der Waals surface area (Å²) in [6, 6.07) is 7.99. The molecule has 19 heavy (non-hydrogen) atoms. The lowest BCUT2D eigenvalue weighted by Crippen LogP contribution is -1.94. The molecule has 0 saturated heterocycles. The van der Waals surface area contributed by atoms with Crippen molar-refractivity contribution in [3.8, 4) is 6.07 Å². The first-order valence-corrected chi connectivity index (χ1v) is 7.72.